The molecule has 1 aromatic heterocycles. The molecular weight excluding hydrogens is 220 g/mol. The molecular formula is C11H16N4O2. The van der Waals surface area contributed by atoms with E-state index >= 15 is 0 Å². The zero-order valence-electron chi connectivity index (χ0n) is 9.93. The molecule has 1 unspecified atom stereocenters. The number of carbonyl (C=O) groups is 2. The van der Waals surface area contributed by atoms with Crippen LogP contribution in [0, 0.1) is 0 Å². The highest BCUT2D eigenvalue weighted by atomic mass is 16.2. The second-order valence-corrected chi connectivity index (χ2v) is 4.40. The molecule has 1 aliphatic heterocycles. The van der Waals surface area contributed by atoms with Crippen LogP contribution in [0.1, 0.15) is 32.7 Å². The number of nitrogens with zero attached hydrogens (tertiary/aromatic N) is 2. The number of hydrogen-bond donors (Lipinski definition) is 2. The van der Waals surface area contributed by atoms with E-state index in [1.54, 1.807) is 16.9 Å². The maximum Gasteiger partial charge on any atom is 0.248 e. The summed E-state index contributed by atoms with van der Waals surface area (Å²) in [6, 6.07) is 1.51. The van der Waals surface area contributed by atoms with Crippen molar-refractivity contribution in [3.63, 3.8) is 0 Å². The highest BCUT2D eigenvalue weighted by Crippen LogP contribution is 2.15. The highest BCUT2D eigenvalue weighted by molar-refractivity contribution is 5.98. The fraction of sp³-hybridized carbons (Fsp3) is 0.545. The molecule has 6 heteroatoms. The van der Waals surface area contributed by atoms with Crippen molar-refractivity contribution in [2.45, 2.75) is 38.8 Å². The van der Waals surface area contributed by atoms with Crippen LogP contribution in [0.4, 0.5) is 5.82 Å². The monoisotopic (exact) mass is 236 g/mol. The van der Waals surface area contributed by atoms with Crippen LogP contribution in [0.2, 0.25) is 0 Å². The molecule has 0 aromatic carbocycles. The van der Waals surface area contributed by atoms with Crippen molar-refractivity contribution in [1.82, 2.24) is 15.1 Å². The summed E-state index contributed by atoms with van der Waals surface area (Å²) in [5.41, 5.74) is 0. The van der Waals surface area contributed by atoms with Crippen LogP contribution in [-0.4, -0.2) is 27.6 Å². The zero-order valence-corrected chi connectivity index (χ0v) is 9.93. The Hall–Kier alpha value is -1.85. The molecule has 1 saturated heterocycles. The minimum Gasteiger partial charge on any atom is -0.344 e. The summed E-state index contributed by atoms with van der Waals surface area (Å²) in [5, 5.41) is 9.54. The maximum atomic E-state index is 11.9. The molecule has 1 fully saturated rings. The van der Waals surface area contributed by atoms with Crippen LogP contribution in [0.5, 0.6) is 0 Å². The Morgan fingerprint density at radius 1 is 1.65 bits per heavy atom. The van der Waals surface area contributed by atoms with Crippen molar-refractivity contribution >= 4 is 17.6 Å². The first kappa shape index (κ1) is 11.6. The van der Waals surface area contributed by atoms with Gasteiger partial charge in [-0.15, -0.1) is 0 Å². The van der Waals surface area contributed by atoms with Crippen molar-refractivity contribution in [3.8, 4) is 0 Å². The first-order valence-electron chi connectivity index (χ1n) is 5.71. The van der Waals surface area contributed by atoms with Crippen LogP contribution >= 0.6 is 0 Å². The van der Waals surface area contributed by atoms with Gasteiger partial charge >= 0.3 is 0 Å². The van der Waals surface area contributed by atoms with Gasteiger partial charge in [0.15, 0.2) is 0 Å². The SMILES string of the molecule is CC(C)n1nccc1NC(=O)C1CCC(=O)N1. The van der Waals surface area contributed by atoms with Gasteiger partial charge in [0.1, 0.15) is 11.9 Å². The molecule has 92 valence electrons. The van der Waals surface area contributed by atoms with E-state index < -0.39 is 6.04 Å². The average molecular weight is 236 g/mol. The molecule has 0 aliphatic carbocycles. The number of nitrogens with one attached hydrogen (secondary N) is 2. The summed E-state index contributed by atoms with van der Waals surface area (Å²) in [4.78, 5) is 22.9. The lowest BCUT2D eigenvalue weighted by atomic mass is 10.2. The van der Waals surface area contributed by atoms with Gasteiger partial charge in [-0.1, -0.05) is 0 Å². The Balaban J connectivity index is 2.03. The minimum absolute atomic E-state index is 0.0671. The van der Waals surface area contributed by atoms with Gasteiger partial charge in [0.05, 0.1) is 6.20 Å². The Morgan fingerprint density at radius 2 is 2.41 bits per heavy atom. The quantitative estimate of drug-likeness (QED) is 0.810. The average Bonchev–Trinajstić information content (AvgIpc) is 2.86. The molecule has 1 atom stereocenters. The summed E-state index contributed by atoms with van der Waals surface area (Å²) >= 11 is 0. The number of hydrogen-bond acceptors (Lipinski definition) is 3. The molecule has 2 heterocycles. The Bertz CT molecular complexity index is 438. The molecule has 1 aromatic rings. The van der Waals surface area contributed by atoms with E-state index in [1.807, 2.05) is 13.8 Å². The van der Waals surface area contributed by atoms with E-state index in [-0.39, 0.29) is 17.9 Å². The molecule has 6 nitrogen and oxygen atoms in total. The van der Waals surface area contributed by atoms with Gasteiger partial charge in [-0.2, -0.15) is 5.10 Å². The van der Waals surface area contributed by atoms with E-state index in [1.165, 1.54) is 0 Å². The van der Waals surface area contributed by atoms with Gasteiger partial charge in [-0.05, 0) is 20.3 Å². The Morgan fingerprint density at radius 3 is 3.00 bits per heavy atom. The van der Waals surface area contributed by atoms with Gasteiger partial charge in [-0.3, -0.25) is 9.59 Å². The van der Waals surface area contributed by atoms with E-state index in [0.717, 1.165) is 0 Å². The highest BCUT2D eigenvalue weighted by Gasteiger charge is 2.27. The van der Waals surface area contributed by atoms with E-state index in [4.69, 9.17) is 0 Å². The third-order valence-electron chi connectivity index (χ3n) is 2.72. The fourth-order valence-electron chi connectivity index (χ4n) is 1.85. The largest absolute Gasteiger partial charge is 0.344 e. The van der Waals surface area contributed by atoms with Crippen LogP contribution in [0.25, 0.3) is 0 Å². The number of anilines is 1. The predicted octanol–water partition coefficient (Wildman–Crippen LogP) is 0.681. The van der Waals surface area contributed by atoms with Gasteiger partial charge in [-0.25, -0.2) is 4.68 Å². The second-order valence-electron chi connectivity index (χ2n) is 4.40. The lowest BCUT2D eigenvalue weighted by Crippen LogP contribution is -2.37. The summed E-state index contributed by atoms with van der Waals surface area (Å²) < 4.78 is 1.73. The van der Waals surface area contributed by atoms with E-state index in [2.05, 4.69) is 15.7 Å². The normalized spacial score (nSPS) is 19.5. The summed E-state index contributed by atoms with van der Waals surface area (Å²) in [6.07, 6.45) is 2.62. The van der Waals surface area contributed by atoms with Crippen molar-refractivity contribution in [1.29, 1.82) is 0 Å². The van der Waals surface area contributed by atoms with E-state index in [9.17, 15) is 9.59 Å². The summed E-state index contributed by atoms with van der Waals surface area (Å²) in [6.45, 7) is 3.97. The first-order chi connectivity index (χ1) is 8.08. The summed E-state index contributed by atoms with van der Waals surface area (Å²) in [7, 11) is 0. The van der Waals surface area contributed by atoms with Crippen LogP contribution in [-0.2, 0) is 9.59 Å². The lowest BCUT2D eigenvalue weighted by molar-refractivity contribution is -0.122. The van der Waals surface area contributed by atoms with Crippen molar-refractivity contribution < 1.29 is 9.59 Å². The molecule has 0 saturated carbocycles. The van der Waals surface area contributed by atoms with Gasteiger partial charge in [0.25, 0.3) is 0 Å². The molecule has 0 spiro atoms. The van der Waals surface area contributed by atoms with Crippen molar-refractivity contribution in [2.24, 2.45) is 0 Å². The zero-order chi connectivity index (χ0) is 12.4. The minimum atomic E-state index is -0.419. The van der Waals surface area contributed by atoms with Crippen LogP contribution in [0.3, 0.4) is 0 Å². The smallest absolute Gasteiger partial charge is 0.248 e. The topological polar surface area (TPSA) is 76.0 Å². The Kier molecular flexibility index (Phi) is 3.12. The standard InChI is InChI=1S/C11H16N4O2/c1-7(2)15-9(5-6-12-15)14-11(17)8-3-4-10(16)13-8/h5-8H,3-4H2,1-2H3,(H,13,16)(H,14,17). The van der Waals surface area contributed by atoms with Crippen molar-refractivity contribution in [3.05, 3.63) is 12.3 Å². The maximum absolute atomic E-state index is 11.9. The third-order valence-corrected chi connectivity index (χ3v) is 2.72. The molecule has 17 heavy (non-hydrogen) atoms. The molecule has 2 rings (SSSR count). The molecule has 0 bridgehead atoms. The molecule has 1 aliphatic rings. The molecule has 2 N–H and O–H groups in total. The fourth-order valence-corrected chi connectivity index (χ4v) is 1.85. The second kappa shape index (κ2) is 4.57. The third kappa shape index (κ3) is 2.46. The van der Waals surface area contributed by atoms with Crippen molar-refractivity contribution in [2.75, 3.05) is 5.32 Å². The van der Waals surface area contributed by atoms with Gasteiger partial charge < -0.3 is 10.6 Å². The van der Waals surface area contributed by atoms with E-state index in [0.29, 0.717) is 18.7 Å². The van der Waals surface area contributed by atoms with Gasteiger partial charge in [0, 0.05) is 18.5 Å². The van der Waals surface area contributed by atoms with Crippen LogP contribution < -0.4 is 10.6 Å². The number of aromatic nitrogens is 2. The molecule has 0 radical (unpaired) electrons. The predicted molar refractivity (Wildman–Crippen MR) is 62.4 cm³/mol. The van der Waals surface area contributed by atoms with Crippen LogP contribution in [0.15, 0.2) is 12.3 Å². The number of amides is 2. The first-order valence-corrected chi connectivity index (χ1v) is 5.71. The Labute approximate surface area is 99.4 Å². The number of rotatable bonds is 3. The number of carbonyl (C=O) groups excluding carboxylic acids is 2. The van der Waals surface area contributed by atoms with Gasteiger partial charge in [0.2, 0.25) is 11.8 Å². The molecule has 2 amide bonds. The summed E-state index contributed by atoms with van der Waals surface area (Å²) in [5.74, 6) is 0.409. The lowest BCUT2D eigenvalue weighted by Gasteiger charge is -2.14.